The summed E-state index contributed by atoms with van der Waals surface area (Å²) in [6, 6.07) is 22.3. The molecule has 0 unspecified atom stereocenters. The lowest BCUT2D eigenvalue weighted by atomic mass is 10.1. The molecule has 0 spiro atoms. The highest BCUT2D eigenvalue weighted by molar-refractivity contribution is 7.92. The lowest BCUT2D eigenvalue weighted by Gasteiger charge is -2.23. The molecule has 6 heteroatoms. The molecule has 1 N–H and O–H groups in total. The van der Waals surface area contributed by atoms with Crippen LogP contribution in [0.25, 0.3) is 0 Å². The lowest BCUT2D eigenvalue weighted by Crippen LogP contribution is -2.29. The van der Waals surface area contributed by atoms with Crippen molar-refractivity contribution in [3.63, 3.8) is 0 Å². The van der Waals surface area contributed by atoms with Crippen LogP contribution in [-0.4, -0.2) is 20.6 Å². The first-order valence-electron chi connectivity index (χ1n) is 9.70. The molecule has 0 bridgehead atoms. The third-order valence-corrected chi connectivity index (χ3v) is 6.16. The average molecular weight is 423 g/mol. The summed E-state index contributed by atoms with van der Waals surface area (Å²) in [5.41, 5.74) is 5.14. The number of benzene rings is 3. The van der Waals surface area contributed by atoms with Gasteiger partial charge in [-0.05, 0) is 60.4 Å². The molecule has 1 amide bonds. The van der Waals surface area contributed by atoms with Crippen molar-refractivity contribution < 1.29 is 13.2 Å². The molecule has 0 atom stereocenters. The van der Waals surface area contributed by atoms with Gasteiger partial charge in [0.15, 0.2) is 0 Å². The number of rotatable bonds is 7. The Labute approximate surface area is 178 Å². The Morgan fingerprint density at radius 3 is 2.13 bits per heavy atom. The fourth-order valence-corrected chi connectivity index (χ4v) is 3.97. The van der Waals surface area contributed by atoms with E-state index in [9.17, 15) is 13.2 Å². The topological polar surface area (TPSA) is 66.5 Å². The van der Waals surface area contributed by atoms with E-state index in [0.29, 0.717) is 17.8 Å². The van der Waals surface area contributed by atoms with Crippen LogP contribution in [-0.2, 0) is 23.1 Å². The van der Waals surface area contributed by atoms with E-state index in [1.54, 1.807) is 24.3 Å². The van der Waals surface area contributed by atoms with E-state index >= 15 is 0 Å². The molecule has 0 saturated heterocycles. The first-order valence-corrected chi connectivity index (χ1v) is 11.5. The molecule has 3 aromatic rings. The second-order valence-corrected chi connectivity index (χ2v) is 9.31. The molecule has 30 heavy (non-hydrogen) atoms. The second kappa shape index (κ2) is 9.13. The van der Waals surface area contributed by atoms with E-state index < -0.39 is 10.0 Å². The molecule has 0 saturated carbocycles. The van der Waals surface area contributed by atoms with Crippen LogP contribution in [0.3, 0.4) is 0 Å². The standard InChI is InChI=1S/C24H26N2O3S/c1-18-9-14-23(15-19(18)2)26(30(3,28)29)17-21-10-12-22(13-11-21)24(27)25-16-20-7-5-4-6-8-20/h4-15H,16-17H2,1-3H3,(H,25,27). The van der Waals surface area contributed by atoms with Crippen molar-refractivity contribution in [1.29, 1.82) is 0 Å². The van der Waals surface area contributed by atoms with Gasteiger partial charge in [0.25, 0.3) is 5.91 Å². The fourth-order valence-electron chi connectivity index (χ4n) is 3.09. The van der Waals surface area contributed by atoms with Crippen LogP contribution in [0.5, 0.6) is 0 Å². The monoisotopic (exact) mass is 422 g/mol. The van der Waals surface area contributed by atoms with Gasteiger partial charge in [-0.3, -0.25) is 9.10 Å². The van der Waals surface area contributed by atoms with Crippen LogP contribution < -0.4 is 9.62 Å². The van der Waals surface area contributed by atoms with Gasteiger partial charge in [0.2, 0.25) is 10.0 Å². The van der Waals surface area contributed by atoms with Crippen molar-refractivity contribution >= 4 is 21.6 Å². The normalized spacial score (nSPS) is 11.2. The van der Waals surface area contributed by atoms with E-state index in [0.717, 1.165) is 22.3 Å². The molecular formula is C24H26N2O3S. The van der Waals surface area contributed by atoms with Crippen molar-refractivity contribution in [2.24, 2.45) is 0 Å². The number of amides is 1. The molecule has 3 aromatic carbocycles. The fraction of sp³-hybridized carbons (Fsp3) is 0.208. The highest BCUT2D eigenvalue weighted by Gasteiger charge is 2.18. The van der Waals surface area contributed by atoms with Gasteiger partial charge in [-0.25, -0.2) is 8.42 Å². The van der Waals surface area contributed by atoms with E-state index in [2.05, 4.69) is 5.32 Å². The minimum absolute atomic E-state index is 0.167. The van der Waals surface area contributed by atoms with Crippen LogP contribution in [0.4, 0.5) is 5.69 Å². The largest absolute Gasteiger partial charge is 0.348 e. The predicted octanol–water partition coefficient (Wildman–Crippen LogP) is 4.20. The summed E-state index contributed by atoms with van der Waals surface area (Å²) in [6.07, 6.45) is 1.20. The maximum absolute atomic E-state index is 12.4. The zero-order valence-electron chi connectivity index (χ0n) is 17.4. The van der Waals surface area contributed by atoms with Gasteiger partial charge in [-0.15, -0.1) is 0 Å². The Hall–Kier alpha value is -3.12. The molecule has 0 radical (unpaired) electrons. The summed E-state index contributed by atoms with van der Waals surface area (Å²) in [5.74, 6) is -0.167. The quantitative estimate of drug-likeness (QED) is 0.621. The Morgan fingerprint density at radius 2 is 1.53 bits per heavy atom. The highest BCUT2D eigenvalue weighted by Crippen LogP contribution is 2.23. The van der Waals surface area contributed by atoms with E-state index in [4.69, 9.17) is 0 Å². The summed E-state index contributed by atoms with van der Waals surface area (Å²) in [6.45, 7) is 4.61. The molecule has 0 fully saturated rings. The number of aryl methyl sites for hydroxylation is 2. The Balaban J connectivity index is 1.72. The number of hydrogen-bond acceptors (Lipinski definition) is 3. The average Bonchev–Trinajstić information content (AvgIpc) is 2.73. The van der Waals surface area contributed by atoms with E-state index in [-0.39, 0.29) is 12.5 Å². The minimum atomic E-state index is -3.46. The Kier molecular flexibility index (Phi) is 6.57. The van der Waals surface area contributed by atoms with Crippen molar-refractivity contribution in [1.82, 2.24) is 5.32 Å². The molecule has 0 aliphatic heterocycles. The number of hydrogen-bond donors (Lipinski definition) is 1. The Morgan fingerprint density at radius 1 is 0.867 bits per heavy atom. The predicted molar refractivity (Wildman–Crippen MR) is 121 cm³/mol. The summed E-state index contributed by atoms with van der Waals surface area (Å²) < 4.78 is 26.2. The first-order chi connectivity index (χ1) is 14.2. The number of nitrogens with zero attached hydrogens (tertiary/aromatic N) is 1. The van der Waals surface area contributed by atoms with Gasteiger partial charge in [-0.2, -0.15) is 0 Å². The zero-order chi connectivity index (χ0) is 21.7. The minimum Gasteiger partial charge on any atom is -0.348 e. The number of sulfonamides is 1. The van der Waals surface area contributed by atoms with Crippen LogP contribution in [0.1, 0.15) is 32.6 Å². The van der Waals surface area contributed by atoms with Crippen molar-refractivity contribution in [2.45, 2.75) is 26.9 Å². The van der Waals surface area contributed by atoms with Crippen molar-refractivity contribution in [2.75, 3.05) is 10.6 Å². The smallest absolute Gasteiger partial charge is 0.251 e. The molecule has 0 heterocycles. The van der Waals surface area contributed by atoms with Gasteiger partial charge >= 0.3 is 0 Å². The molecule has 5 nitrogen and oxygen atoms in total. The van der Waals surface area contributed by atoms with Crippen LogP contribution >= 0.6 is 0 Å². The van der Waals surface area contributed by atoms with Crippen LogP contribution in [0, 0.1) is 13.8 Å². The third-order valence-electron chi connectivity index (χ3n) is 5.02. The third kappa shape index (κ3) is 5.48. The van der Waals surface area contributed by atoms with E-state index in [1.165, 1.54) is 10.6 Å². The summed E-state index contributed by atoms with van der Waals surface area (Å²) in [4.78, 5) is 12.4. The Bertz CT molecular complexity index is 1120. The molecule has 0 aliphatic rings. The number of carbonyl (C=O) groups is 1. The highest BCUT2D eigenvalue weighted by atomic mass is 32.2. The molecule has 0 aromatic heterocycles. The lowest BCUT2D eigenvalue weighted by molar-refractivity contribution is 0.0951. The molecular weight excluding hydrogens is 396 g/mol. The summed E-state index contributed by atoms with van der Waals surface area (Å²) in [5, 5.41) is 2.89. The molecule has 3 rings (SSSR count). The van der Waals surface area contributed by atoms with Gasteiger partial charge in [-0.1, -0.05) is 48.5 Å². The zero-order valence-corrected chi connectivity index (χ0v) is 18.2. The first kappa shape index (κ1) is 21.6. The molecule has 0 aliphatic carbocycles. The van der Waals surface area contributed by atoms with Crippen molar-refractivity contribution in [3.05, 3.63) is 101 Å². The van der Waals surface area contributed by atoms with Crippen molar-refractivity contribution in [3.8, 4) is 0 Å². The number of nitrogens with one attached hydrogen (secondary N) is 1. The maximum atomic E-state index is 12.4. The summed E-state index contributed by atoms with van der Waals surface area (Å²) >= 11 is 0. The van der Waals surface area contributed by atoms with E-state index in [1.807, 2.05) is 62.4 Å². The van der Waals surface area contributed by atoms with Gasteiger partial charge in [0.1, 0.15) is 0 Å². The maximum Gasteiger partial charge on any atom is 0.251 e. The van der Waals surface area contributed by atoms with Gasteiger partial charge in [0.05, 0.1) is 18.5 Å². The second-order valence-electron chi connectivity index (χ2n) is 7.40. The van der Waals surface area contributed by atoms with Gasteiger partial charge in [0, 0.05) is 12.1 Å². The van der Waals surface area contributed by atoms with Crippen LogP contribution in [0.2, 0.25) is 0 Å². The SMILES string of the molecule is Cc1ccc(N(Cc2ccc(C(=O)NCc3ccccc3)cc2)S(C)(=O)=O)cc1C. The van der Waals surface area contributed by atoms with Gasteiger partial charge < -0.3 is 5.32 Å². The van der Waals surface area contributed by atoms with Crippen LogP contribution in [0.15, 0.2) is 72.8 Å². The number of anilines is 1. The summed E-state index contributed by atoms with van der Waals surface area (Å²) in [7, 11) is -3.46. The number of carbonyl (C=O) groups excluding carboxylic acids is 1. The molecule has 156 valence electrons.